The molecule has 230 valence electrons. The van der Waals surface area contributed by atoms with Gasteiger partial charge in [-0.3, -0.25) is 9.88 Å². The highest BCUT2D eigenvalue weighted by atomic mass is 15.2. The number of rotatable bonds is 2. The summed E-state index contributed by atoms with van der Waals surface area (Å²) in [5, 5.41) is 0. The predicted octanol–water partition coefficient (Wildman–Crippen LogP) is 11.0. The molecule has 0 saturated carbocycles. The zero-order valence-electron chi connectivity index (χ0n) is 27.8. The van der Waals surface area contributed by atoms with Crippen molar-refractivity contribution in [3.05, 3.63) is 155 Å². The number of aromatic nitrogens is 2. The maximum Gasteiger partial charge on any atom is 0.141 e. The molecule has 0 saturated heterocycles. The summed E-state index contributed by atoms with van der Waals surface area (Å²) in [5.74, 6) is 1.02. The molecule has 0 amide bonds. The Kier molecular flexibility index (Phi) is 5.62. The van der Waals surface area contributed by atoms with E-state index in [9.17, 15) is 0 Å². The number of benzene rings is 4. The second kappa shape index (κ2) is 9.42. The summed E-state index contributed by atoms with van der Waals surface area (Å²) in [6.07, 6.45) is 3.80. The minimum absolute atomic E-state index is 0.170. The summed E-state index contributed by atoms with van der Waals surface area (Å²) < 4.78 is 0. The predicted molar refractivity (Wildman–Crippen MR) is 193 cm³/mol. The highest BCUT2D eigenvalue weighted by molar-refractivity contribution is 5.95. The Balaban J connectivity index is 1.32. The summed E-state index contributed by atoms with van der Waals surface area (Å²) in [6.45, 7) is 14.1. The van der Waals surface area contributed by atoms with Gasteiger partial charge in [-0.25, -0.2) is 4.98 Å². The zero-order chi connectivity index (χ0) is 32.3. The molecule has 6 aromatic rings. The molecule has 2 aromatic heterocycles. The van der Waals surface area contributed by atoms with E-state index in [-0.39, 0.29) is 16.2 Å². The van der Waals surface area contributed by atoms with Crippen molar-refractivity contribution in [1.29, 1.82) is 0 Å². The van der Waals surface area contributed by atoms with Crippen LogP contribution in [-0.4, -0.2) is 9.97 Å². The summed E-state index contributed by atoms with van der Waals surface area (Å²) in [5.41, 5.74) is 15.4. The van der Waals surface area contributed by atoms with Gasteiger partial charge in [0.2, 0.25) is 0 Å². The third kappa shape index (κ3) is 3.70. The Hall–Kier alpha value is -5.22. The van der Waals surface area contributed by atoms with Crippen LogP contribution >= 0.6 is 0 Å². The fraction of sp³-hybridized carbons (Fsp3) is 0.209. The Morgan fingerprint density at radius 1 is 0.447 bits per heavy atom. The van der Waals surface area contributed by atoms with E-state index in [1.807, 2.05) is 18.5 Å². The molecule has 5 heterocycles. The van der Waals surface area contributed by atoms with E-state index in [1.165, 1.54) is 56.1 Å². The third-order valence-electron chi connectivity index (χ3n) is 11.1. The Morgan fingerprint density at radius 2 is 1.04 bits per heavy atom. The third-order valence-corrected chi connectivity index (χ3v) is 11.1. The van der Waals surface area contributed by atoms with Crippen molar-refractivity contribution >= 4 is 34.3 Å². The first-order valence-electron chi connectivity index (χ1n) is 16.6. The number of fused-ring (bicyclic) bond motifs is 6. The van der Waals surface area contributed by atoms with Gasteiger partial charge in [-0.05, 0) is 70.3 Å². The van der Waals surface area contributed by atoms with Gasteiger partial charge >= 0.3 is 0 Å². The van der Waals surface area contributed by atoms with Crippen molar-refractivity contribution in [3.8, 4) is 11.3 Å². The number of para-hydroxylation sites is 2. The summed E-state index contributed by atoms with van der Waals surface area (Å²) in [7, 11) is 0. The zero-order valence-corrected chi connectivity index (χ0v) is 27.8. The molecule has 47 heavy (non-hydrogen) atoms. The second-order valence-corrected chi connectivity index (χ2v) is 14.8. The fourth-order valence-electron chi connectivity index (χ4n) is 8.55. The van der Waals surface area contributed by atoms with E-state index in [4.69, 9.17) is 9.97 Å². The molecule has 0 N–H and O–H groups in total. The smallest absolute Gasteiger partial charge is 0.141 e. The standard InChI is InChI=1S/C43H38N4/c1-41(2)29-13-7-8-18-36(29)46(37-25-27(19-21-30(37)41)35-17-9-10-23-44-35)28-20-22-31-38(26-28)47-39-32(42(31,3)4)14-11-15-33(39)43(5,6)34-16-12-24-45-40(34)47/h7-26H,1-6H3. The molecule has 0 atom stereocenters. The average Bonchev–Trinajstić information content (AvgIpc) is 3.08. The average molecular weight is 611 g/mol. The van der Waals surface area contributed by atoms with Crippen molar-refractivity contribution in [2.45, 2.75) is 57.8 Å². The molecule has 0 spiro atoms. The summed E-state index contributed by atoms with van der Waals surface area (Å²) in [4.78, 5) is 14.7. The molecule has 0 fully saturated rings. The van der Waals surface area contributed by atoms with Crippen LogP contribution in [0.3, 0.4) is 0 Å². The molecule has 4 heteroatoms. The second-order valence-electron chi connectivity index (χ2n) is 14.8. The fourth-order valence-corrected chi connectivity index (χ4v) is 8.55. The van der Waals surface area contributed by atoms with E-state index < -0.39 is 0 Å². The number of nitrogens with zero attached hydrogens (tertiary/aromatic N) is 4. The van der Waals surface area contributed by atoms with Crippen LogP contribution in [0.2, 0.25) is 0 Å². The van der Waals surface area contributed by atoms with E-state index in [1.54, 1.807) is 0 Å². The lowest BCUT2D eigenvalue weighted by Gasteiger charge is -2.49. The minimum Gasteiger partial charge on any atom is -0.310 e. The lowest BCUT2D eigenvalue weighted by Crippen LogP contribution is -2.38. The highest BCUT2D eigenvalue weighted by Gasteiger charge is 2.46. The van der Waals surface area contributed by atoms with E-state index >= 15 is 0 Å². The van der Waals surface area contributed by atoms with Crippen LogP contribution in [0, 0.1) is 0 Å². The van der Waals surface area contributed by atoms with Gasteiger partial charge in [0.05, 0.1) is 28.4 Å². The monoisotopic (exact) mass is 610 g/mol. The van der Waals surface area contributed by atoms with Crippen LogP contribution in [-0.2, 0) is 16.2 Å². The molecule has 4 aromatic carbocycles. The van der Waals surface area contributed by atoms with Gasteiger partial charge in [0, 0.05) is 45.5 Å². The Bertz CT molecular complexity index is 2230. The molecular weight excluding hydrogens is 573 g/mol. The maximum absolute atomic E-state index is 5.07. The molecule has 0 bridgehead atoms. The number of hydrogen-bond donors (Lipinski definition) is 0. The van der Waals surface area contributed by atoms with E-state index in [2.05, 4.69) is 154 Å². The molecule has 0 aliphatic carbocycles. The lowest BCUT2D eigenvalue weighted by atomic mass is 9.67. The lowest BCUT2D eigenvalue weighted by molar-refractivity contribution is 0.594. The van der Waals surface area contributed by atoms with E-state index in [0.29, 0.717) is 0 Å². The molecule has 0 unspecified atom stereocenters. The van der Waals surface area contributed by atoms with Gasteiger partial charge in [-0.1, -0.05) is 108 Å². The highest BCUT2D eigenvalue weighted by Crippen LogP contribution is 2.61. The number of anilines is 6. The van der Waals surface area contributed by atoms with Gasteiger partial charge in [0.25, 0.3) is 0 Å². The van der Waals surface area contributed by atoms with Gasteiger partial charge in [-0.15, -0.1) is 0 Å². The Morgan fingerprint density at radius 3 is 1.81 bits per heavy atom. The molecule has 4 nitrogen and oxygen atoms in total. The minimum atomic E-state index is -0.191. The first-order valence-corrected chi connectivity index (χ1v) is 16.6. The van der Waals surface area contributed by atoms with Crippen LogP contribution < -0.4 is 9.80 Å². The molecule has 9 rings (SSSR count). The van der Waals surface area contributed by atoms with E-state index in [0.717, 1.165) is 22.8 Å². The van der Waals surface area contributed by atoms with Gasteiger partial charge in [0.15, 0.2) is 0 Å². The quantitative estimate of drug-likeness (QED) is 0.195. The van der Waals surface area contributed by atoms with Gasteiger partial charge in [0.1, 0.15) is 5.82 Å². The van der Waals surface area contributed by atoms with Crippen LogP contribution in [0.15, 0.2) is 122 Å². The molecule has 0 radical (unpaired) electrons. The van der Waals surface area contributed by atoms with Crippen LogP contribution in [0.4, 0.5) is 34.3 Å². The van der Waals surface area contributed by atoms with Crippen LogP contribution in [0.25, 0.3) is 11.3 Å². The van der Waals surface area contributed by atoms with Gasteiger partial charge in [-0.2, -0.15) is 0 Å². The van der Waals surface area contributed by atoms with Crippen molar-refractivity contribution in [2.75, 3.05) is 9.80 Å². The molecule has 3 aliphatic rings. The first kappa shape index (κ1) is 28.0. The normalized spacial score (nSPS) is 17.1. The van der Waals surface area contributed by atoms with Crippen molar-refractivity contribution in [2.24, 2.45) is 0 Å². The maximum atomic E-state index is 5.07. The largest absolute Gasteiger partial charge is 0.310 e. The molecular formula is C43H38N4. The SMILES string of the molecule is CC1(C)c2ccccc2N(c2ccc3c(c2)N2c4ncccc4C(C)(C)c4cccc(c42)C3(C)C)c2cc(-c3ccccn3)ccc21. The van der Waals surface area contributed by atoms with Gasteiger partial charge < -0.3 is 4.90 Å². The summed E-state index contributed by atoms with van der Waals surface area (Å²) in [6, 6.07) is 40.1. The number of pyridine rings is 2. The van der Waals surface area contributed by atoms with Crippen LogP contribution in [0.5, 0.6) is 0 Å². The van der Waals surface area contributed by atoms with Crippen LogP contribution in [0.1, 0.15) is 74.9 Å². The topological polar surface area (TPSA) is 32.3 Å². The van der Waals surface area contributed by atoms with Crippen molar-refractivity contribution < 1.29 is 0 Å². The Labute approximate surface area is 277 Å². The first-order chi connectivity index (χ1) is 22.6. The summed E-state index contributed by atoms with van der Waals surface area (Å²) >= 11 is 0. The molecule has 3 aliphatic heterocycles. The number of hydrogen-bond acceptors (Lipinski definition) is 4. The van der Waals surface area contributed by atoms with Crippen molar-refractivity contribution in [3.63, 3.8) is 0 Å². The van der Waals surface area contributed by atoms with Crippen molar-refractivity contribution in [1.82, 2.24) is 9.97 Å².